The van der Waals surface area contributed by atoms with Gasteiger partial charge in [-0.2, -0.15) is 0 Å². The van der Waals surface area contributed by atoms with Crippen molar-refractivity contribution < 1.29 is 0 Å². The van der Waals surface area contributed by atoms with Crippen LogP contribution in [0.15, 0.2) is 36.7 Å². The van der Waals surface area contributed by atoms with E-state index in [1.165, 1.54) is 17.0 Å². The van der Waals surface area contributed by atoms with E-state index in [0.717, 1.165) is 25.8 Å². The minimum absolute atomic E-state index is 1.01. The highest BCUT2D eigenvalue weighted by atomic mass is 15.2. The van der Waals surface area contributed by atoms with Crippen LogP contribution in [0.5, 0.6) is 0 Å². The van der Waals surface area contributed by atoms with Crippen LogP contribution in [0.1, 0.15) is 26.2 Å². The second-order valence-electron chi connectivity index (χ2n) is 3.49. The van der Waals surface area contributed by atoms with E-state index in [1.807, 2.05) is 0 Å². The topological polar surface area (TPSA) is 3.24 Å². The molecule has 0 spiro atoms. The Morgan fingerprint density at radius 3 is 2.25 bits per heavy atom. The average Bonchev–Trinajstić information content (AvgIpc) is 2.28. The lowest BCUT2D eigenvalue weighted by Crippen LogP contribution is -2.16. The highest BCUT2D eigenvalue weighted by Gasteiger charge is 2.17. The molecule has 0 aromatic heterocycles. The molecule has 1 nitrogen and oxygen atoms in total. The van der Waals surface area contributed by atoms with E-state index < -0.39 is 0 Å². The molecule has 0 N–H and O–H groups in total. The van der Waals surface area contributed by atoms with Gasteiger partial charge in [-0.15, -0.1) is 6.58 Å². The number of nitrogens with zero attached hydrogens (tertiary/aromatic N) is 1. The highest BCUT2D eigenvalue weighted by Crippen LogP contribution is 2.28. The zero-order valence-corrected chi connectivity index (χ0v) is 7.90. The molecule has 1 saturated heterocycles. The minimum Gasteiger partial charge on any atom is -0.349 e. The Morgan fingerprint density at radius 1 is 1.33 bits per heavy atom. The Bertz CT molecular complexity index is 209. The summed E-state index contributed by atoms with van der Waals surface area (Å²) in [6.07, 6.45) is 3.20. The van der Waals surface area contributed by atoms with Crippen LogP contribution < -0.4 is 0 Å². The molecule has 0 saturated carbocycles. The van der Waals surface area contributed by atoms with Crippen LogP contribution in [-0.2, 0) is 0 Å². The maximum Gasteiger partial charge on any atom is 0.0261 e. The first-order valence-electron chi connectivity index (χ1n) is 4.38. The molecule has 1 aliphatic rings. The number of hydrogen-bond donors (Lipinski definition) is 0. The predicted octanol–water partition coefficient (Wildman–Crippen LogP) is 3.08. The summed E-state index contributed by atoms with van der Waals surface area (Å²) >= 11 is 0. The lowest BCUT2D eigenvalue weighted by Gasteiger charge is -2.20. The van der Waals surface area contributed by atoms with Crippen LogP contribution in [0, 0.1) is 0 Å². The van der Waals surface area contributed by atoms with Crippen molar-refractivity contribution in [2.45, 2.75) is 26.2 Å². The fraction of sp³-hybridized carbons (Fsp3) is 0.455. The fourth-order valence-electron chi connectivity index (χ4n) is 1.40. The summed E-state index contributed by atoms with van der Waals surface area (Å²) in [5.41, 5.74) is 3.64. The van der Waals surface area contributed by atoms with Crippen LogP contribution in [0.2, 0.25) is 0 Å². The second-order valence-corrected chi connectivity index (χ2v) is 3.49. The van der Waals surface area contributed by atoms with Gasteiger partial charge < -0.3 is 4.90 Å². The van der Waals surface area contributed by atoms with Crippen molar-refractivity contribution in [3.05, 3.63) is 36.7 Å². The lowest BCUT2D eigenvalue weighted by atomic mass is 10.2. The summed E-state index contributed by atoms with van der Waals surface area (Å²) in [4.78, 5) is 2.22. The highest BCUT2D eigenvalue weighted by molar-refractivity contribution is 5.16. The molecule has 0 radical (unpaired) electrons. The van der Waals surface area contributed by atoms with Gasteiger partial charge in [0.15, 0.2) is 0 Å². The molecule has 12 heavy (non-hydrogen) atoms. The Morgan fingerprint density at radius 2 is 1.83 bits per heavy atom. The molecule has 1 aliphatic heterocycles. The third-order valence-corrected chi connectivity index (χ3v) is 2.23. The molecule has 0 aliphatic carbocycles. The molecule has 0 aromatic carbocycles. The van der Waals surface area contributed by atoms with Crippen molar-refractivity contribution in [3.63, 3.8) is 0 Å². The molecular formula is C11H17N. The molecule has 1 heterocycles. The molecule has 0 aromatic rings. The molecular weight excluding hydrogens is 146 g/mol. The quantitative estimate of drug-likeness (QED) is 0.578. The average molecular weight is 163 g/mol. The smallest absolute Gasteiger partial charge is 0.0261 e. The number of hydrogen-bond acceptors (Lipinski definition) is 1. The Labute approximate surface area is 75.1 Å². The summed E-state index contributed by atoms with van der Waals surface area (Å²) in [5, 5.41) is 0. The Kier molecular flexibility index (Phi) is 2.74. The number of likely N-dealkylation sites (tertiary alicyclic amines) is 1. The van der Waals surface area contributed by atoms with Crippen molar-refractivity contribution in [2.24, 2.45) is 0 Å². The van der Waals surface area contributed by atoms with E-state index in [9.17, 15) is 0 Å². The van der Waals surface area contributed by atoms with Gasteiger partial charge >= 0.3 is 0 Å². The second kappa shape index (κ2) is 3.61. The normalized spacial score (nSPS) is 17.2. The van der Waals surface area contributed by atoms with Gasteiger partial charge in [-0.05, 0) is 26.2 Å². The summed E-state index contributed by atoms with van der Waals surface area (Å²) in [6, 6.07) is 0. The number of rotatable bonds is 3. The maximum absolute atomic E-state index is 4.00. The first kappa shape index (κ1) is 9.11. The van der Waals surface area contributed by atoms with Crippen molar-refractivity contribution in [2.75, 3.05) is 6.54 Å². The van der Waals surface area contributed by atoms with Gasteiger partial charge in [-0.3, -0.25) is 0 Å². The van der Waals surface area contributed by atoms with Crippen LogP contribution in [0.4, 0.5) is 0 Å². The molecule has 1 heteroatoms. The molecule has 1 fully saturated rings. The maximum atomic E-state index is 4.00. The van der Waals surface area contributed by atoms with Crippen molar-refractivity contribution in [1.82, 2.24) is 4.90 Å². The summed E-state index contributed by atoms with van der Waals surface area (Å²) < 4.78 is 0. The largest absolute Gasteiger partial charge is 0.349 e. The minimum atomic E-state index is 1.01. The van der Waals surface area contributed by atoms with E-state index in [-0.39, 0.29) is 0 Å². The fourth-order valence-corrected chi connectivity index (χ4v) is 1.40. The molecule has 0 atom stereocenters. The molecule has 0 bridgehead atoms. The van der Waals surface area contributed by atoms with Crippen molar-refractivity contribution in [3.8, 4) is 0 Å². The third-order valence-electron chi connectivity index (χ3n) is 2.23. The zero-order valence-electron chi connectivity index (χ0n) is 7.90. The third kappa shape index (κ3) is 2.00. The number of allylic oxidation sites excluding steroid dienone is 2. The van der Waals surface area contributed by atoms with Crippen LogP contribution in [-0.4, -0.2) is 11.4 Å². The first-order valence-corrected chi connectivity index (χ1v) is 4.38. The van der Waals surface area contributed by atoms with Crippen molar-refractivity contribution >= 4 is 0 Å². The van der Waals surface area contributed by atoms with Gasteiger partial charge in [0.2, 0.25) is 0 Å². The van der Waals surface area contributed by atoms with Gasteiger partial charge in [-0.25, -0.2) is 0 Å². The standard InChI is InChI=1S/C11H17N/c1-9(2)7-8-12-10(3)5-6-11(12)4/h1,3-8H2,2H3. The molecule has 0 amide bonds. The van der Waals surface area contributed by atoms with Gasteiger partial charge in [0.25, 0.3) is 0 Å². The Hall–Kier alpha value is -0.980. The molecule has 0 unspecified atom stereocenters. The van der Waals surface area contributed by atoms with Crippen LogP contribution in [0.3, 0.4) is 0 Å². The summed E-state index contributed by atoms with van der Waals surface area (Å²) in [5.74, 6) is 0. The van der Waals surface area contributed by atoms with E-state index >= 15 is 0 Å². The lowest BCUT2D eigenvalue weighted by molar-refractivity contribution is 0.462. The Balaban J connectivity index is 2.45. The summed E-state index contributed by atoms with van der Waals surface area (Å²) in [7, 11) is 0. The van der Waals surface area contributed by atoms with Gasteiger partial charge in [0, 0.05) is 17.9 Å². The van der Waals surface area contributed by atoms with Crippen molar-refractivity contribution in [1.29, 1.82) is 0 Å². The monoisotopic (exact) mass is 163 g/mol. The van der Waals surface area contributed by atoms with Gasteiger partial charge in [-0.1, -0.05) is 18.7 Å². The first-order chi connectivity index (χ1) is 5.61. The zero-order chi connectivity index (χ0) is 9.14. The van der Waals surface area contributed by atoms with Crippen LogP contribution >= 0.6 is 0 Å². The predicted molar refractivity (Wildman–Crippen MR) is 53.7 cm³/mol. The van der Waals surface area contributed by atoms with Gasteiger partial charge in [0.1, 0.15) is 0 Å². The molecule has 1 rings (SSSR count). The van der Waals surface area contributed by atoms with Gasteiger partial charge in [0.05, 0.1) is 0 Å². The van der Waals surface area contributed by atoms with E-state index in [2.05, 4.69) is 31.6 Å². The molecule has 66 valence electrons. The summed E-state index contributed by atoms with van der Waals surface area (Å²) in [6.45, 7) is 14.9. The van der Waals surface area contributed by atoms with E-state index in [4.69, 9.17) is 0 Å². The SMILES string of the molecule is C=C(C)CCN1C(=C)CCC1=C. The van der Waals surface area contributed by atoms with E-state index in [0.29, 0.717) is 0 Å². The van der Waals surface area contributed by atoms with E-state index in [1.54, 1.807) is 0 Å². The van der Waals surface area contributed by atoms with Crippen LogP contribution in [0.25, 0.3) is 0 Å².